The van der Waals surface area contributed by atoms with Gasteiger partial charge in [-0.1, -0.05) is 24.3 Å². The highest BCUT2D eigenvalue weighted by Gasteiger charge is 2.26. The van der Waals surface area contributed by atoms with Crippen molar-refractivity contribution in [3.63, 3.8) is 0 Å². The van der Waals surface area contributed by atoms with Crippen molar-refractivity contribution in [1.29, 1.82) is 0 Å². The molecule has 0 saturated carbocycles. The van der Waals surface area contributed by atoms with Gasteiger partial charge in [-0.25, -0.2) is 14.2 Å². The fraction of sp³-hybridized carbons (Fsp3) is 0.345. The lowest BCUT2D eigenvalue weighted by Crippen LogP contribution is -2.50. The van der Waals surface area contributed by atoms with Gasteiger partial charge in [0, 0.05) is 50.4 Å². The first-order valence-corrected chi connectivity index (χ1v) is 12.5. The van der Waals surface area contributed by atoms with E-state index in [4.69, 9.17) is 9.47 Å². The van der Waals surface area contributed by atoms with Crippen molar-refractivity contribution in [3.8, 4) is 28.0 Å². The molecule has 1 aliphatic rings. The number of hydrogen-bond donors (Lipinski definition) is 1. The standard InChI is InChI=1S/C29H33FN4O4/c1-19(35)32-25-10-9-20(17-24(25)30)22-7-6-8-23(27(22)37-5)21-11-12-31-26(18-21)33-13-15-34(16-14-33)28(36)38-29(2,3)4/h6-12,17-18H,13-16H2,1-5H3,(H,32,35). The first kappa shape index (κ1) is 26.9. The van der Waals surface area contributed by atoms with E-state index in [1.54, 1.807) is 30.3 Å². The van der Waals surface area contributed by atoms with Crippen molar-refractivity contribution in [2.24, 2.45) is 0 Å². The summed E-state index contributed by atoms with van der Waals surface area (Å²) in [6.45, 7) is 9.26. The number of amides is 2. The van der Waals surface area contributed by atoms with Crippen LogP contribution in [-0.4, -0.2) is 60.8 Å². The highest BCUT2D eigenvalue weighted by molar-refractivity contribution is 5.90. The van der Waals surface area contributed by atoms with Crippen LogP contribution in [-0.2, 0) is 9.53 Å². The van der Waals surface area contributed by atoms with Crippen molar-refractivity contribution < 1.29 is 23.5 Å². The molecule has 0 radical (unpaired) electrons. The Balaban J connectivity index is 1.57. The molecule has 1 fully saturated rings. The van der Waals surface area contributed by atoms with E-state index in [0.29, 0.717) is 37.5 Å². The van der Waals surface area contributed by atoms with Crippen molar-refractivity contribution >= 4 is 23.5 Å². The molecule has 3 aromatic rings. The maximum absolute atomic E-state index is 14.7. The average Bonchev–Trinajstić information content (AvgIpc) is 2.88. The molecule has 0 aliphatic carbocycles. The Morgan fingerprint density at radius 1 is 0.974 bits per heavy atom. The molecule has 0 atom stereocenters. The van der Waals surface area contributed by atoms with Crippen molar-refractivity contribution in [2.75, 3.05) is 43.5 Å². The molecule has 0 bridgehead atoms. The molecule has 9 heteroatoms. The molecule has 38 heavy (non-hydrogen) atoms. The maximum Gasteiger partial charge on any atom is 0.410 e. The first-order valence-electron chi connectivity index (χ1n) is 12.5. The van der Waals surface area contributed by atoms with E-state index in [-0.39, 0.29) is 17.7 Å². The van der Waals surface area contributed by atoms with Crippen LogP contribution >= 0.6 is 0 Å². The second-order valence-corrected chi connectivity index (χ2v) is 10.1. The topological polar surface area (TPSA) is 84.0 Å². The summed E-state index contributed by atoms with van der Waals surface area (Å²) in [5, 5.41) is 2.49. The summed E-state index contributed by atoms with van der Waals surface area (Å²) in [7, 11) is 1.59. The second kappa shape index (κ2) is 11.1. The lowest BCUT2D eigenvalue weighted by atomic mass is 9.97. The Hall–Kier alpha value is -4.14. The summed E-state index contributed by atoms with van der Waals surface area (Å²) < 4.78 is 26.0. The summed E-state index contributed by atoms with van der Waals surface area (Å²) >= 11 is 0. The molecule has 2 amide bonds. The highest BCUT2D eigenvalue weighted by atomic mass is 19.1. The zero-order valence-electron chi connectivity index (χ0n) is 22.4. The SMILES string of the molecule is COc1c(-c2ccnc(N3CCN(C(=O)OC(C)(C)C)CC3)c2)cccc1-c1ccc(NC(C)=O)c(F)c1. The van der Waals surface area contributed by atoms with Gasteiger partial charge in [-0.3, -0.25) is 4.79 Å². The van der Waals surface area contributed by atoms with Gasteiger partial charge < -0.3 is 24.6 Å². The van der Waals surface area contributed by atoms with E-state index in [9.17, 15) is 14.0 Å². The molecule has 2 aromatic carbocycles. The number of carbonyl (C=O) groups excluding carboxylic acids is 2. The summed E-state index contributed by atoms with van der Waals surface area (Å²) in [4.78, 5) is 32.2. The molecule has 0 spiro atoms. The average molecular weight is 521 g/mol. The van der Waals surface area contributed by atoms with E-state index < -0.39 is 11.4 Å². The molecular formula is C29H33FN4O4. The second-order valence-electron chi connectivity index (χ2n) is 10.1. The molecule has 200 valence electrons. The smallest absolute Gasteiger partial charge is 0.410 e. The van der Waals surface area contributed by atoms with Gasteiger partial charge in [-0.15, -0.1) is 0 Å². The molecule has 1 aliphatic heterocycles. The Morgan fingerprint density at radius 2 is 1.63 bits per heavy atom. The summed E-state index contributed by atoms with van der Waals surface area (Å²) in [5.74, 6) is 0.536. The van der Waals surface area contributed by atoms with Gasteiger partial charge in [0.05, 0.1) is 12.8 Å². The molecule has 1 saturated heterocycles. The zero-order chi connectivity index (χ0) is 27.4. The van der Waals surface area contributed by atoms with Crippen LogP contribution < -0.4 is 15.0 Å². The van der Waals surface area contributed by atoms with Gasteiger partial charge in [-0.2, -0.15) is 0 Å². The Labute approximate surface area is 222 Å². The number of halogens is 1. The van der Waals surface area contributed by atoms with Crippen LogP contribution in [0.25, 0.3) is 22.3 Å². The number of rotatable bonds is 5. The number of benzene rings is 2. The molecular weight excluding hydrogens is 487 g/mol. The number of ether oxygens (including phenoxy) is 2. The summed E-state index contributed by atoms with van der Waals surface area (Å²) in [5.41, 5.74) is 2.69. The minimum Gasteiger partial charge on any atom is -0.495 e. The lowest BCUT2D eigenvalue weighted by molar-refractivity contribution is -0.114. The van der Waals surface area contributed by atoms with Crippen molar-refractivity contribution in [2.45, 2.75) is 33.3 Å². The Morgan fingerprint density at radius 3 is 2.21 bits per heavy atom. The Kier molecular flexibility index (Phi) is 7.85. The van der Waals surface area contributed by atoms with Crippen molar-refractivity contribution in [1.82, 2.24) is 9.88 Å². The number of aromatic nitrogens is 1. The van der Waals surface area contributed by atoms with Gasteiger partial charge in [0.1, 0.15) is 23.0 Å². The monoisotopic (exact) mass is 520 g/mol. The van der Waals surface area contributed by atoms with Crippen molar-refractivity contribution in [3.05, 3.63) is 60.5 Å². The number of nitrogens with zero attached hydrogens (tertiary/aromatic N) is 3. The molecule has 2 heterocycles. The van der Waals surface area contributed by atoms with Crippen LogP contribution in [0.2, 0.25) is 0 Å². The number of carbonyl (C=O) groups is 2. The highest BCUT2D eigenvalue weighted by Crippen LogP contribution is 2.40. The van der Waals surface area contributed by atoms with E-state index >= 15 is 0 Å². The van der Waals surface area contributed by atoms with Gasteiger partial charge in [0.15, 0.2) is 0 Å². The van der Waals surface area contributed by atoms with Gasteiger partial charge in [0.25, 0.3) is 0 Å². The van der Waals surface area contributed by atoms with Crippen LogP contribution in [0.5, 0.6) is 5.75 Å². The molecule has 8 nitrogen and oxygen atoms in total. The van der Waals surface area contributed by atoms with E-state index in [0.717, 1.165) is 22.5 Å². The minimum absolute atomic E-state index is 0.127. The Bertz CT molecular complexity index is 1330. The normalized spacial score (nSPS) is 13.7. The zero-order valence-corrected chi connectivity index (χ0v) is 22.4. The predicted molar refractivity (Wildman–Crippen MR) is 146 cm³/mol. The number of nitrogens with one attached hydrogen (secondary N) is 1. The van der Waals surface area contributed by atoms with Crippen LogP contribution in [0.3, 0.4) is 0 Å². The van der Waals surface area contributed by atoms with E-state index in [2.05, 4.69) is 15.2 Å². The minimum atomic E-state index is -0.531. The predicted octanol–water partition coefficient (Wildman–Crippen LogP) is 5.58. The third kappa shape index (κ3) is 6.22. The maximum atomic E-state index is 14.7. The largest absolute Gasteiger partial charge is 0.495 e. The molecule has 1 N–H and O–H groups in total. The molecule has 1 aromatic heterocycles. The van der Waals surface area contributed by atoms with Gasteiger partial charge in [-0.05, 0) is 56.2 Å². The van der Waals surface area contributed by atoms with Crippen LogP contribution in [0.4, 0.5) is 20.7 Å². The van der Waals surface area contributed by atoms with Crippen LogP contribution in [0.1, 0.15) is 27.7 Å². The number of methoxy groups -OCH3 is 1. The van der Waals surface area contributed by atoms with E-state index in [1.165, 1.54) is 13.0 Å². The fourth-order valence-electron chi connectivity index (χ4n) is 4.39. The molecule has 4 rings (SSSR count). The number of anilines is 2. The molecule has 0 unspecified atom stereocenters. The summed E-state index contributed by atoms with van der Waals surface area (Å²) in [6, 6.07) is 14.3. The van der Waals surface area contributed by atoms with Crippen LogP contribution in [0.15, 0.2) is 54.7 Å². The van der Waals surface area contributed by atoms with Crippen LogP contribution in [0, 0.1) is 5.82 Å². The first-order chi connectivity index (χ1) is 18.1. The quantitative estimate of drug-likeness (QED) is 0.473. The lowest BCUT2D eigenvalue weighted by Gasteiger charge is -2.36. The van der Waals surface area contributed by atoms with Gasteiger partial charge in [0.2, 0.25) is 5.91 Å². The third-order valence-electron chi connectivity index (χ3n) is 6.12. The van der Waals surface area contributed by atoms with Gasteiger partial charge >= 0.3 is 6.09 Å². The van der Waals surface area contributed by atoms with E-state index in [1.807, 2.05) is 51.1 Å². The summed E-state index contributed by atoms with van der Waals surface area (Å²) in [6.07, 6.45) is 1.45. The number of pyridine rings is 1. The number of hydrogen-bond acceptors (Lipinski definition) is 6. The number of para-hydroxylation sites is 1. The fourth-order valence-corrected chi connectivity index (χ4v) is 4.39. The third-order valence-corrected chi connectivity index (χ3v) is 6.12. The number of piperazine rings is 1.